The third kappa shape index (κ3) is 4.32. The quantitative estimate of drug-likeness (QED) is 0.540. The number of ether oxygens (including phenoxy) is 1. The molecule has 0 aliphatic heterocycles. The van der Waals surface area contributed by atoms with Gasteiger partial charge in [-0.05, 0) is 35.9 Å². The van der Waals surface area contributed by atoms with E-state index in [0.717, 1.165) is 16.8 Å². The number of hydrogen-bond donors (Lipinski definition) is 2. The number of amides is 1. The molecule has 0 spiro atoms. The van der Waals surface area contributed by atoms with Gasteiger partial charge in [0, 0.05) is 22.3 Å². The minimum absolute atomic E-state index is 0.254. The standard InChI is InChI=1S/C18H14ClN3O3/c19-15-7-5-13(6-8-15)16-9-10-20-18(21-16)25-11-12-1-3-14(4-2-12)17(23)22-24/h1-10,24H,11H2,(H,22,23). The normalized spacial score (nSPS) is 10.3. The smallest absolute Gasteiger partial charge is 0.317 e. The van der Waals surface area contributed by atoms with Crippen LogP contribution in [0.3, 0.4) is 0 Å². The minimum Gasteiger partial charge on any atom is -0.459 e. The Morgan fingerprint density at radius 1 is 1.08 bits per heavy atom. The molecule has 3 aromatic rings. The maximum atomic E-state index is 11.3. The number of halogens is 1. The Morgan fingerprint density at radius 3 is 2.48 bits per heavy atom. The molecule has 2 N–H and O–H groups in total. The van der Waals surface area contributed by atoms with Crippen LogP contribution in [-0.2, 0) is 6.61 Å². The summed E-state index contributed by atoms with van der Waals surface area (Å²) in [6.07, 6.45) is 1.63. The molecule has 6 nitrogen and oxygen atoms in total. The zero-order chi connectivity index (χ0) is 17.6. The lowest BCUT2D eigenvalue weighted by Gasteiger charge is -2.07. The molecule has 1 heterocycles. The van der Waals surface area contributed by atoms with Gasteiger partial charge in [0.15, 0.2) is 0 Å². The molecule has 0 radical (unpaired) electrons. The molecular formula is C18H14ClN3O3. The Labute approximate surface area is 149 Å². The number of hydroxylamine groups is 1. The van der Waals surface area contributed by atoms with E-state index < -0.39 is 5.91 Å². The van der Waals surface area contributed by atoms with Crippen molar-refractivity contribution in [2.24, 2.45) is 0 Å². The molecule has 0 unspecified atom stereocenters. The number of aromatic nitrogens is 2. The summed E-state index contributed by atoms with van der Waals surface area (Å²) >= 11 is 5.89. The van der Waals surface area contributed by atoms with Crippen molar-refractivity contribution >= 4 is 17.5 Å². The average Bonchev–Trinajstić information content (AvgIpc) is 2.67. The molecule has 126 valence electrons. The van der Waals surface area contributed by atoms with Crippen molar-refractivity contribution in [3.05, 3.63) is 76.9 Å². The van der Waals surface area contributed by atoms with Crippen LogP contribution in [0.4, 0.5) is 0 Å². The van der Waals surface area contributed by atoms with Gasteiger partial charge in [-0.3, -0.25) is 10.0 Å². The summed E-state index contributed by atoms with van der Waals surface area (Å²) in [5, 5.41) is 9.26. The first-order valence-electron chi connectivity index (χ1n) is 7.41. The second-order valence-electron chi connectivity index (χ2n) is 5.16. The van der Waals surface area contributed by atoms with Crippen molar-refractivity contribution in [3.8, 4) is 17.3 Å². The van der Waals surface area contributed by atoms with E-state index in [4.69, 9.17) is 21.5 Å². The highest BCUT2D eigenvalue weighted by Crippen LogP contribution is 2.21. The van der Waals surface area contributed by atoms with E-state index in [2.05, 4.69) is 9.97 Å². The van der Waals surface area contributed by atoms with E-state index in [1.165, 1.54) is 0 Å². The van der Waals surface area contributed by atoms with Crippen LogP contribution in [-0.4, -0.2) is 21.1 Å². The highest BCUT2D eigenvalue weighted by Gasteiger charge is 2.06. The fraction of sp³-hybridized carbons (Fsp3) is 0.0556. The molecule has 0 aliphatic carbocycles. The van der Waals surface area contributed by atoms with Gasteiger partial charge in [-0.15, -0.1) is 0 Å². The zero-order valence-corrected chi connectivity index (χ0v) is 13.8. The average molecular weight is 356 g/mol. The van der Waals surface area contributed by atoms with Crippen LogP contribution in [0.5, 0.6) is 6.01 Å². The third-order valence-corrected chi connectivity index (χ3v) is 3.71. The topological polar surface area (TPSA) is 84.3 Å². The SMILES string of the molecule is O=C(NO)c1ccc(COc2nccc(-c3ccc(Cl)cc3)n2)cc1. The highest BCUT2D eigenvalue weighted by atomic mass is 35.5. The lowest BCUT2D eigenvalue weighted by molar-refractivity contribution is 0.0706. The van der Waals surface area contributed by atoms with Crippen LogP contribution >= 0.6 is 11.6 Å². The Hall–Kier alpha value is -2.96. The van der Waals surface area contributed by atoms with Gasteiger partial charge < -0.3 is 4.74 Å². The van der Waals surface area contributed by atoms with Crippen molar-refractivity contribution in [1.29, 1.82) is 0 Å². The Balaban J connectivity index is 1.68. The lowest BCUT2D eigenvalue weighted by atomic mass is 10.1. The number of nitrogens with zero attached hydrogens (tertiary/aromatic N) is 2. The fourth-order valence-electron chi connectivity index (χ4n) is 2.16. The van der Waals surface area contributed by atoms with E-state index in [0.29, 0.717) is 10.6 Å². The van der Waals surface area contributed by atoms with Crippen molar-refractivity contribution in [3.63, 3.8) is 0 Å². The summed E-state index contributed by atoms with van der Waals surface area (Å²) in [5.41, 5.74) is 4.43. The maximum absolute atomic E-state index is 11.3. The number of nitrogens with one attached hydrogen (secondary N) is 1. The van der Waals surface area contributed by atoms with Gasteiger partial charge in [0.1, 0.15) is 6.61 Å². The molecule has 2 aromatic carbocycles. The number of rotatable bonds is 5. The van der Waals surface area contributed by atoms with Crippen LogP contribution in [0, 0.1) is 0 Å². The molecular weight excluding hydrogens is 342 g/mol. The molecule has 25 heavy (non-hydrogen) atoms. The molecule has 0 bridgehead atoms. The second kappa shape index (κ2) is 7.74. The number of carbonyl (C=O) groups is 1. The van der Waals surface area contributed by atoms with Crippen molar-refractivity contribution in [2.75, 3.05) is 0 Å². The summed E-state index contributed by atoms with van der Waals surface area (Å²) in [7, 11) is 0. The maximum Gasteiger partial charge on any atom is 0.317 e. The summed E-state index contributed by atoms with van der Waals surface area (Å²) in [6, 6.07) is 16.0. The van der Waals surface area contributed by atoms with Gasteiger partial charge in [0.05, 0.1) is 5.69 Å². The van der Waals surface area contributed by atoms with E-state index in [-0.39, 0.29) is 12.6 Å². The molecule has 3 rings (SSSR count). The van der Waals surface area contributed by atoms with Gasteiger partial charge in [0.25, 0.3) is 5.91 Å². The Morgan fingerprint density at radius 2 is 1.80 bits per heavy atom. The first-order chi connectivity index (χ1) is 12.2. The van der Waals surface area contributed by atoms with Crippen molar-refractivity contribution in [2.45, 2.75) is 6.61 Å². The first-order valence-corrected chi connectivity index (χ1v) is 7.78. The number of benzene rings is 2. The molecule has 0 saturated carbocycles. The van der Waals surface area contributed by atoms with Crippen LogP contribution in [0.25, 0.3) is 11.3 Å². The highest BCUT2D eigenvalue weighted by molar-refractivity contribution is 6.30. The minimum atomic E-state index is -0.563. The van der Waals surface area contributed by atoms with Gasteiger partial charge in [-0.1, -0.05) is 35.9 Å². The summed E-state index contributed by atoms with van der Waals surface area (Å²) in [6.45, 7) is 0.255. The van der Waals surface area contributed by atoms with Crippen LogP contribution in [0.1, 0.15) is 15.9 Å². The van der Waals surface area contributed by atoms with E-state index in [1.807, 2.05) is 12.1 Å². The third-order valence-electron chi connectivity index (χ3n) is 3.46. The lowest BCUT2D eigenvalue weighted by Crippen LogP contribution is -2.18. The van der Waals surface area contributed by atoms with Gasteiger partial charge in [-0.25, -0.2) is 10.5 Å². The van der Waals surface area contributed by atoms with E-state index in [1.54, 1.807) is 54.1 Å². The predicted molar refractivity (Wildman–Crippen MR) is 92.5 cm³/mol. The number of carbonyl (C=O) groups excluding carboxylic acids is 1. The summed E-state index contributed by atoms with van der Waals surface area (Å²) in [4.78, 5) is 19.7. The van der Waals surface area contributed by atoms with Gasteiger partial charge in [-0.2, -0.15) is 4.98 Å². The largest absolute Gasteiger partial charge is 0.459 e. The van der Waals surface area contributed by atoms with Crippen LogP contribution in [0.15, 0.2) is 60.8 Å². The summed E-state index contributed by atoms with van der Waals surface area (Å²) in [5.74, 6) is -0.563. The van der Waals surface area contributed by atoms with Crippen molar-refractivity contribution < 1.29 is 14.7 Å². The summed E-state index contributed by atoms with van der Waals surface area (Å²) < 4.78 is 5.61. The Kier molecular flexibility index (Phi) is 5.23. The fourth-order valence-corrected chi connectivity index (χ4v) is 2.28. The van der Waals surface area contributed by atoms with E-state index >= 15 is 0 Å². The monoisotopic (exact) mass is 355 g/mol. The number of hydrogen-bond acceptors (Lipinski definition) is 5. The molecule has 0 fully saturated rings. The van der Waals surface area contributed by atoms with Crippen LogP contribution in [0.2, 0.25) is 5.02 Å². The van der Waals surface area contributed by atoms with Crippen LogP contribution < -0.4 is 10.2 Å². The molecule has 7 heteroatoms. The zero-order valence-electron chi connectivity index (χ0n) is 13.0. The van der Waals surface area contributed by atoms with Gasteiger partial charge >= 0.3 is 6.01 Å². The molecule has 1 aromatic heterocycles. The molecule has 1 amide bonds. The predicted octanol–water partition coefficient (Wildman–Crippen LogP) is 3.50. The molecule has 0 atom stereocenters. The van der Waals surface area contributed by atoms with E-state index in [9.17, 15) is 4.79 Å². The molecule has 0 saturated heterocycles. The Bertz CT molecular complexity index is 867. The van der Waals surface area contributed by atoms with Gasteiger partial charge in [0.2, 0.25) is 0 Å². The first kappa shape index (κ1) is 16.9. The molecule has 0 aliphatic rings. The van der Waals surface area contributed by atoms with Crippen molar-refractivity contribution in [1.82, 2.24) is 15.4 Å². The second-order valence-corrected chi connectivity index (χ2v) is 5.59.